The minimum Gasteiger partial charge on any atom is -0.473 e. The second-order valence-corrected chi connectivity index (χ2v) is 7.63. The molecule has 0 atom stereocenters. The molecule has 2 aromatic rings. The molecule has 180 valence electrons. The molecule has 1 aliphatic heterocycles. The Morgan fingerprint density at radius 2 is 1.68 bits per heavy atom. The first-order chi connectivity index (χ1) is 16.3. The van der Waals surface area contributed by atoms with Gasteiger partial charge in [-0.2, -0.15) is 0 Å². The lowest BCUT2D eigenvalue weighted by atomic mass is 10.00. The monoisotopic (exact) mass is 466 g/mol. The van der Waals surface area contributed by atoms with E-state index in [9.17, 15) is 4.79 Å². The summed E-state index contributed by atoms with van der Waals surface area (Å²) in [7, 11) is 0. The lowest BCUT2D eigenvalue weighted by Gasteiger charge is -2.14. The van der Waals surface area contributed by atoms with Gasteiger partial charge in [-0.25, -0.2) is 19.4 Å². The maximum atomic E-state index is 11.6. The number of carbonyl (C=O) groups is 3. The number of nitrogens with zero attached hydrogens (tertiary/aromatic N) is 2. The Morgan fingerprint density at radius 1 is 1.03 bits per heavy atom. The maximum Gasteiger partial charge on any atom is 0.414 e. The van der Waals surface area contributed by atoms with Crippen molar-refractivity contribution in [2.75, 3.05) is 26.2 Å². The molecule has 0 aliphatic carbocycles. The van der Waals surface area contributed by atoms with Crippen molar-refractivity contribution in [3.63, 3.8) is 0 Å². The average Bonchev–Trinajstić information content (AvgIpc) is 3.33. The Morgan fingerprint density at radius 3 is 2.26 bits per heavy atom. The highest BCUT2D eigenvalue weighted by Crippen LogP contribution is 2.23. The predicted molar refractivity (Wildman–Crippen MR) is 129 cm³/mol. The van der Waals surface area contributed by atoms with Gasteiger partial charge in [0.15, 0.2) is 0 Å². The standard InChI is InChI=1S/C24H28N2O2.C2H2O4/c1-3-28-24(27)14-13-21-7-6-8-23(25-21)22(15-18-26-16-4-5-17-26)20-11-9-19(2)10-12-20;3-1(4)2(5)6/h6-15H,3-5,16-18H2,1-2H3;(H,3,4)(H,5,6)/b14-13+,22-15-;. The minimum absolute atomic E-state index is 0.349. The number of rotatable bonds is 7. The Kier molecular flexibility index (Phi) is 10.7. The summed E-state index contributed by atoms with van der Waals surface area (Å²) in [6, 6.07) is 14.4. The number of ether oxygens (including phenoxy) is 1. The Balaban J connectivity index is 0.000000604. The lowest BCUT2D eigenvalue weighted by molar-refractivity contribution is -0.159. The van der Waals surface area contributed by atoms with Crippen LogP contribution in [-0.4, -0.2) is 64.2 Å². The molecule has 1 aromatic heterocycles. The van der Waals surface area contributed by atoms with E-state index < -0.39 is 11.9 Å². The summed E-state index contributed by atoms with van der Waals surface area (Å²) in [6.45, 7) is 7.50. The molecule has 0 amide bonds. The van der Waals surface area contributed by atoms with Gasteiger partial charge >= 0.3 is 17.9 Å². The number of aromatic nitrogens is 1. The van der Waals surface area contributed by atoms with Crippen LogP contribution in [0.5, 0.6) is 0 Å². The maximum absolute atomic E-state index is 11.6. The van der Waals surface area contributed by atoms with Crippen molar-refractivity contribution in [3.05, 3.63) is 77.1 Å². The van der Waals surface area contributed by atoms with E-state index in [1.165, 1.54) is 24.5 Å². The molecule has 2 heterocycles. The smallest absolute Gasteiger partial charge is 0.414 e. The van der Waals surface area contributed by atoms with Crippen molar-refractivity contribution in [2.45, 2.75) is 26.7 Å². The van der Waals surface area contributed by atoms with Gasteiger partial charge in [0, 0.05) is 18.2 Å². The fraction of sp³-hybridized carbons (Fsp3) is 0.308. The van der Waals surface area contributed by atoms with E-state index in [-0.39, 0.29) is 5.97 Å². The molecule has 3 rings (SSSR count). The molecule has 8 heteroatoms. The van der Waals surface area contributed by atoms with Crippen LogP contribution in [0.2, 0.25) is 0 Å². The van der Waals surface area contributed by atoms with Crippen molar-refractivity contribution in [1.82, 2.24) is 9.88 Å². The van der Waals surface area contributed by atoms with Crippen molar-refractivity contribution in [1.29, 1.82) is 0 Å². The third kappa shape index (κ3) is 8.99. The van der Waals surface area contributed by atoms with Crippen molar-refractivity contribution in [3.8, 4) is 0 Å². The van der Waals surface area contributed by atoms with Gasteiger partial charge in [0.05, 0.1) is 18.0 Å². The van der Waals surface area contributed by atoms with Crippen LogP contribution in [0.4, 0.5) is 0 Å². The van der Waals surface area contributed by atoms with Crippen LogP contribution in [-0.2, 0) is 19.1 Å². The van der Waals surface area contributed by atoms with E-state index in [2.05, 4.69) is 42.2 Å². The summed E-state index contributed by atoms with van der Waals surface area (Å²) >= 11 is 0. The van der Waals surface area contributed by atoms with Crippen LogP contribution in [0, 0.1) is 6.92 Å². The van der Waals surface area contributed by atoms with Crippen molar-refractivity contribution in [2.24, 2.45) is 0 Å². The molecule has 1 saturated heterocycles. The molecule has 0 radical (unpaired) electrons. The Hall–Kier alpha value is -3.78. The molecule has 1 aliphatic rings. The number of carboxylic acids is 2. The van der Waals surface area contributed by atoms with Crippen LogP contribution >= 0.6 is 0 Å². The van der Waals surface area contributed by atoms with Gasteiger partial charge < -0.3 is 14.9 Å². The summed E-state index contributed by atoms with van der Waals surface area (Å²) in [5, 5.41) is 14.8. The topological polar surface area (TPSA) is 117 Å². The number of likely N-dealkylation sites (tertiary alicyclic amines) is 1. The first kappa shape index (κ1) is 26.5. The molecular formula is C26H30N2O6. The summed E-state index contributed by atoms with van der Waals surface area (Å²) in [4.78, 5) is 37.0. The minimum atomic E-state index is -1.82. The Labute approximate surface area is 199 Å². The van der Waals surface area contributed by atoms with Crippen LogP contribution in [0.1, 0.15) is 42.3 Å². The summed E-state index contributed by atoms with van der Waals surface area (Å²) in [6.07, 6.45) is 7.96. The van der Waals surface area contributed by atoms with E-state index >= 15 is 0 Å². The second-order valence-electron chi connectivity index (χ2n) is 7.63. The summed E-state index contributed by atoms with van der Waals surface area (Å²) in [5.41, 5.74) is 5.17. The third-order valence-electron chi connectivity index (χ3n) is 5.02. The van der Waals surface area contributed by atoms with Crippen LogP contribution < -0.4 is 0 Å². The molecule has 34 heavy (non-hydrogen) atoms. The van der Waals surface area contributed by atoms with Gasteiger partial charge in [-0.3, -0.25) is 4.90 Å². The number of aryl methyl sites for hydroxylation is 1. The van der Waals surface area contributed by atoms with E-state index in [0.717, 1.165) is 42.2 Å². The largest absolute Gasteiger partial charge is 0.473 e. The van der Waals surface area contributed by atoms with Crippen LogP contribution in [0.25, 0.3) is 11.6 Å². The molecule has 0 unspecified atom stereocenters. The molecule has 2 N–H and O–H groups in total. The van der Waals surface area contributed by atoms with Crippen molar-refractivity contribution < 1.29 is 29.3 Å². The lowest BCUT2D eigenvalue weighted by Crippen LogP contribution is -2.19. The van der Waals surface area contributed by atoms with E-state index in [4.69, 9.17) is 29.5 Å². The zero-order valence-electron chi connectivity index (χ0n) is 19.4. The molecule has 0 bridgehead atoms. The second kappa shape index (κ2) is 13.7. The molecule has 0 spiro atoms. The zero-order chi connectivity index (χ0) is 24.9. The SMILES string of the molecule is CCOC(=O)/C=C/c1cccc(/C(=C\CN2CCCC2)c2ccc(C)cc2)n1.O=C(O)C(=O)O. The van der Waals surface area contributed by atoms with E-state index in [0.29, 0.717) is 6.61 Å². The Bertz CT molecular complexity index is 1030. The third-order valence-corrected chi connectivity index (χ3v) is 5.02. The number of aliphatic carboxylic acids is 2. The molecular weight excluding hydrogens is 436 g/mol. The predicted octanol–water partition coefficient (Wildman–Crippen LogP) is 3.65. The van der Waals surface area contributed by atoms with E-state index in [1.807, 2.05) is 18.2 Å². The average molecular weight is 467 g/mol. The molecule has 1 aromatic carbocycles. The number of carbonyl (C=O) groups excluding carboxylic acids is 1. The normalized spacial score (nSPS) is 13.9. The van der Waals surface area contributed by atoms with Gasteiger partial charge in [0.2, 0.25) is 0 Å². The quantitative estimate of drug-likeness (QED) is 0.361. The van der Waals surface area contributed by atoms with Gasteiger partial charge in [-0.1, -0.05) is 42.0 Å². The fourth-order valence-electron chi connectivity index (χ4n) is 3.33. The first-order valence-electron chi connectivity index (χ1n) is 11.1. The first-order valence-corrected chi connectivity index (χ1v) is 11.1. The fourth-order valence-corrected chi connectivity index (χ4v) is 3.33. The summed E-state index contributed by atoms with van der Waals surface area (Å²) < 4.78 is 4.95. The van der Waals surface area contributed by atoms with Gasteiger partial charge in [-0.15, -0.1) is 0 Å². The van der Waals surface area contributed by atoms with Crippen molar-refractivity contribution >= 4 is 29.6 Å². The molecule has 1 fully saturated rings. The molecule has 0 saturated carbocycles. The number of benzene rings is 1. The number of esters is 1. The molecule has 8 nitrogen and oxygen atoms in total. The van der Waals surface area contributed by atoms with E-state index in [1.54, 1.807) is 13.0 Å². The number of carboxylic acid groups (broad SMARTS) is 2. The highest BCUT2D eigenvalue weighted by Gasteiger charge is 2.12. The number of hydrogen-bond acceptors (Lipinski definition) is 6. The van der Waals surface area contributed by atoms with Gasteiger partial charge in [-0.05, 0) is 63.6 Å². The number of pyridine rings is 1. The van der Waals surface area contributed by atoms with Crippen LogP contribution in [0.15, 0.2) is 54.6 Å². The van der Waals surface area contributed by atoms with Gasteiger partial charge in [0.1, 0.15) is 0 Å². The number of hydrogen-bond donors (Lipinski definition) is 2. The zero-order valence-corrected chi connectivity index (χ0v) is 19.4. The highest BCUT2D eigenvalue weighted by molar-refractivity contribution is 6.27. The highest BCUT2D eigenvalue weighted by atomic mass is 16.5. The summed E-state index contributed by atoms with van der Waals surface area (Å²) in [5.74, 6) is -4.00. The van der Waals surface area contributed by atoms with Gasteiger partial charge in [0.25, 0.3) is 0 Å². The van der Waals surface area contributed by atoms with Crippen LogP contribution in [0.3, 0.4) is 0 Å².